The van der Waals surface area contributed by atoms with Gasteiger partial charge in [-0.25, -0.2) is 0 Å². The number of aldehydes is 1. The fourth-order valence-electron chi connectivity index (χ4n) is 2.80. The lowest BCUT2D eigenvalue weighted by molar-refractivity contribution is -0.113. The molecule has 3 nitrogen and oxygen atoms in total. The molecular formula is C13H22N2O. The van der Waals surface area contributed by atoms with Gasteiger partial charge in [-0.15, -0.1) is 0 Å². The topological polar surface area (TPSA) is 41.8 Å². The molecule has 16 heavy (non-hydrogen) atoms. The summed E-state index contributed by atoms with van der Waals surface area (Å²) in [5, 5.41) is 8.86. The van der Waals surface area contributed by atoms with E-state index in [1.807, 2.05) is 0 Å². The van der Waals surface area contributed by atoms with Crippen LogP contribution in [0.3, 0.4) is 0 Å². The second-order valence-electron chi connectivity index (χ2n) is 5.29. The van der Waals surface area contributed by atoms with Crippen molar-refractivity contribution < 1.29 is 4.79 Å². The van der Waals surface area contributed by atoms with Crippen LogP contribution in [0.15, 0.2) is 10.2 Å². The first-order chi connectivity index (χ1) is 7.85. The van der Waals surface area contributed by atoms with Crippen molar-refractivity contribution in [1.82, 2.24) is 0 Å². The fraction of sp³-hybridized carbons (Fsp3) is 0.923. The van der Waals surface area contributed by atoms with Crippen LogP contribution < -0.4 is 0 Å². The Morgan fingerprint density at radius 3 is 2.19 bits per heavy atom. The predicted octanol–water partition coefficient (Wildman–Crippen LogP) is 3.67. The van der Waals surface area contributed by atoms with E-state index < -0.39 is 5.54 Å². The highest BCUT2D eigenvalue weighted by Crippen LogP contribution is 2.31. The lowest BCUT2D eigenvalue weighted by atomic mass is 9.84. The second kappa shape index (κ2) is 5.55. The molecule has 2 saturated carbocycles. The summed E-state index contributed by atoms with van der Waals surface area (Å²) in [7, 11) is 0. The molecule has 0 bridgehead atoms. The molecule has 0 heterocycles. The van der Waals surface area contributed by atoms with E-state index in [9.17, 15) is 4.79 Å². The van der Waals surface area contributed by atoms with E-state index in [0.717, 1.165) is 32.0 Å². The lowest BCUT2D eigenvalue weighted by Crippen LogP contribution is -2.31. The van der Waals surface area contributed by atoms with Crippen LogP contribution in [-0.2, 0) is 4.79 Å². The summed E-state index contributed by atoms with van der Waals surface area (Å²) in [6, 6.07) is 0.396. The molecule has 0 aromatic heterocycles. The van der Waals surface area contributed by atoms with Crippen LogP contribution in [0.2, 0.25) is 0 Å². The third kappa shape index (κ3) is 2.89. The van der Waals surface area contributed by atoms with Gasteiger partial charge < -0.3 is 4.79 Å². The Morgan fingerprint density at radius 2 is 1.56 bits per heavy atom. The molecule has 0 amide bonds. The summed E-state index contributed by atoms with van der Waals surface area (Å²) in [6.07, 6.45) is 12.6. The minimum Gasteiger partial charge on any atom is -0.301 e. The number of hydrogen-bond donors (Lipinski definition) is 0. The number of hydrogen-bond acceptors (Lipinski definition) is 3. The average Bonchev–Trinajstić information content (AvgIpc) is 2.39. The highest BCUT2D eigenvalue weighted by Gasteiger charge is 2.32. The largest absolute Gasteiger partial charge is 0.301 e. The first-order valence-corrected chi connectivity index (χ1v) is 6.73. The van der Waals surface area contributed by atoms with E-state index in [-0.39, 0.29) is 0 Å². The molecule has 0 saturated heterocycles. The van der Waals surface area contributed by atoms with E-state index in [1.165, 1.54) is 38.5 Å². The maximum Gasteiger partial charge on any atom is 0.149 e. The van der Waals surface area contributed by atoms with Crippen molar-refractivity contribution in [3.05, 3.63) is 0 Å². The summed E-state index contributed by atoms with van der Waals surface area (Å²) in [4.78, 5) is 11.2. The Hall–Kier alpha value is -0.730. The second-order valence-corrected chi connectivity index (χ2v) is 5.29. The van der Waals surface area contributed by atoms with Crippen LogP contribution in [0, 0.1) is 0 Å². The molecule has 0 aromatic carbocycles. The predicted molar refractivity (Wildman–Crippen MR) is 63.6 cm³/mol. The smallest absolute Gasteiger partial charge is 0.149 e. The third-order valence-corrected chi connectivity index (χ3v) is 3.93. The molecule has 0 aliphatic heterocycles. The first kappa shape index (κ1) is 11.7. The maximum atomic E-state index is 11.2. The zero-order valence-corrected chi connectivity index (χ0v) is 10.0. The van der Waals surface area contributed by atoms with E-state index in [0.29, 0.717) is 6.04 Å². The zero-order valence-electron chi connectivity index (χ0n) is 10.0. The summed E-state index contributed by atoms with van der Waals surface area (Å²) in [5.74, 6) is 0. The number of nitrogens with zero attached hydrogens (tertiary/aromatic N) is 2. The van der Waals surface area contributed by atoms with Crippen LogP contribution in [-0.4, -0.2) is 17.9 Å². The lowest BCUT2D eigenvalue weighted by Gasteiger charge is -2.27. The Labute approximate surface area is 97.7 Å². The molecule has 0 atom stereocenters. The van der Waals surface area contributed by atoms with Crippen LogP contribution in [0.4, 0.5) is 0 Å². The Balaban J connectivity index is 1.93. The van der Waals surface area contributed by atoms with Crippen LogP contribution in [0.25, 0.3) is 0 Å². The molecule has 0 aromatic rings. The van der Waals surface area contributed by atoms with Crippen molar-refractivity contribution in [2.75, 3.05) is 0 Å². The molecule has 2 aliphatic rings. The first-order valence-electron chi connectivity index (χ1n) is 6.73. The van der Waals surface area contributed by atoms with Gasteiger partial charge in [0.1, 0.15) is 11.8 Å². The van der Waals surface area contributed by atoms with Gasteiger partial charge in [0.15, 0.2) is 0 Å². The average molecular weight is 222 g/mol. The number of carbonyl (C=O) groups is 1. The monoisotopic (exact) mass is 222 g/mol. The molecule has 0 spiro atoms. The highest BCUT2D eigenvalue weighted by atomic mass is 16.1. The summed E-state index contributed by atoms with van der Waals surface area (Å²) in [5.41, 5.74) is -0.449. The maximum absolute atomic E-state index is 11.2. The van der Waals surface area contributed by atoms with E-state index in [2.05, 4.69) is 10.2 Å². The minimum absolute atomic E-state index is 0.396. The van der Waals surface area contributed by atoms with Crippen LogP contribution in [0.1, 0.15) is 64.2 Å². The van der Waals surface area contributed by atoms with Gasteiger partial charge in [0.25, 0.3) is 0 Å². The Morgan fingerprint density at radius 1 is 0.938 bits per heavy atom. The SMILES string of the molecule is O=CC1(N=NC2CCCCC2)CCCCC1. The van der Waals surface area contributed by atoms with Gasteiger partial charge in [-0.2, -0.15) is 10.2 Å². The molecule has 2 rings (SSSR count). The van der Waals surface area contributed by atoms with Gasteiger partial charge in [-0.1, -0.05) is 38.5 Å². The molecular weight excluding hydrogens is 200 g/mol. The normalized spacial score (nSPS) is 27.0. The van der Waals surface area contributed by atoms with Crippen LogP contribution in [0.5, 0.6) is 0 Å². The Kier molecular flexibility index (Phi) is 4.08. The third-order valence-electron chi connectivity index (χ3n) is 3.93. The minimum atomic E-state index is -0.449. The standard InChI is InChI=1S/C13H22N2O/c16-11-13(9-5-2-6-10-13)15-14-12-7-3-1-4-8-12/h11-12H,1-10H2. The van der Waals surface area contributed by atoms with E-state index in [4.69, 9.17) is 0 Å². The van der Waals surface area contributed by atoms with Crippen molar-refractivity contribution >= 4 is 6.29 Å². The quantitative estimate of drug-likeness (QED) is 0.530. The highest BCUT2D eigenvalue weighted by molar-refractivity contribution is 5.64. The summed E-state index contributed by atoms with van der Waals surface area (Å²) >= 11 is 0. The van der Waals surface area contributed by atoms with Gasteiger partial charge in [0, 0.05) is 0 Å². The van der Waals surface area contributed by atoms with Gasteiger partial charge in [0.2, 0.25) is 0 Å². The summed E-state index contributed by atoms with van der Waals surface area (Å²) < 4.78 is 0. The molecule has 0 unspecified atom stereocenters. The summed E-state index contributed by atoms with van der Waals surface area (Å²) in [6.45, 7) is 0. The van der Waals surface area contributed by atoms with Crippen molar-refractivity contribution in [3.63, 3.8) is 0 Å². The van der Waals surface area contributed by atoms with Gasteiger partial charge in [-0.05, 0) is 25.7 Å². The molecule has 0 radical (unpaired) electrons. The number of azo groups is 1. The Bertz CT molecular complexity index is 251. The van der Waals surface area contributed by atoms with Gasteiger partial charge in [0.05, 0.1) is 6.04 Å². The zero-order chi connectivity index (χ0) is 11.3. The molecule has 0 N–H and O–H groups in total. The van der Waals surface area contributed by atoms with Crippen molar-refractivity contribution in [2.24, 2.45) is 10.2 Å². The number of carbonyl (C=O) groups excluding carboxylic acids is 1. The molecule has 3 heteroatoms. The van der Waals surface area contributed by atoms with Gasteiger partial charge >= 0.3 is 0 Å². The van der Waals surface area contributed by atoms with Gasteiger partial charge in [-0.3, -0.25) is 0 Å². The fourth-order valence-corrected chi connectivity index (χ4v) is 2.80. The van der Waals surface area contributed by atoms with Crippen LogP contribution >= 0.6 is 0 Å². The van der Waals surface area contributed by atoms with Crippen molar-refractivity contribution in [1.29, 1.82) is 0 Å². The van der Waals surface area contributed by atoms with Crippen molar-refractivity contribution in [3.8, 4) is 0 Å². The molecule has 90 valence electrons. The van der Waals surface area contributed by atoms with Crippen molar-refractivity contribution in [2.45, 2.75) is 75.8 Å². The van der Waals surface area contributed by atoms with E-state index >= 15 is 0 Å². The number of rotatable bonds is 3. The molecule has 2 fully saturated rings. The van der Waals surface area contributed by atoms with E-state index in [1.54, 1.807) is 0 Å². The molecule has 2 aliphatic carbocycles.